The van der Waals surface area contributed by atoms with Gasteiger partial charge in [0, 0.05) is 23.4 Å². The molecule has 0 aliphatic carbocycles. The van der Waals surface area contributed by atoms with Crippen LogP contribution in [0.15, 0.2) is 47.1 Å². The SMILES string of the molecule is COc1cc2c(cc1NCCn1cnc(C#N)n1)oc1ccccc12. The number of hydrogen-bond donors (Lipinski definition) is 1. The standard InChI is InChI=1S/C18H15N5O2/c1-24-17-8-13-12-4-2-3-5-15(12)25-16(13)9-14(17)20-6-7-23-11-21-18(10-19)22-23/h2-5,8-9,11,20H,6-7H2,1H3. The molecule has 0 spiro atoms. The van der Waals surface area contributed by atoms with Crippen LogP contribution in [0.5, 0.6) is 5.75 Å². The van der Waals surface area contributed by atoms with E-state index in [1.165, 1.54) is 0 Å². The van der Waals surface area contributed by atoms with Gasteiger partial charge in [0.05, 0.1) is 19.3 Å². The van der Waals surface area contributed by atoms with Crippen molar-refractivity contribution in [2.24, 2.45) is 0 Å². The highest BCUT2D eigenvalue weighted by molar-refractivity contribution is 6.06. The van der Waals surface area contributed by atoms with Gasteiger partial charge in [0.15, 0.2) is 0 Å². The Morgan fingerprint density at radius 2 is 2.12 bits per heavy atom. The molecule has 7 nitrogen and oxygen atoms in total. The van der Waals surface area contributed by atoms with E-state index in [9.17, 15) is 0 Å². The lowest BCUT2D eigenvalue weighted by molar-refractivity contribution is 0.417. The second kappa shape index (κ2) is 6.17. The third-order valence-corrected chi connectivity index (χ3v) is 3.99. The summed E-state index contributed by atoms with van der Waals surface area (Å²) < 4.78 is 13.1. The number of aromatic nitrogens is 3. The molecule has 0 amide bonds. The first-order valence-electron chi connectivity index (χ1n) is 7.81. The predicted octanol–water partition coefficient (Wildman–Crippen LogP) is 3.17. The van der Waals surface area contributed by atoms with Gasteiger partial charge in [-0.25, -0.2) is 9.67 Å². The summed E-state index contributed by atoms with van der Waals surface area (Å²) in [4.78, 5) is 3.88. The first-order chi connectivity index (χ1) is 12.3. The number of fused-ring (bicyclic) bond motifs is 3. The Labute approximate surface area is 143 Å². The van der Waals surface area contributed by atoms with Crippen LogP contribution in [0.1, 0.15) is 5.82 Å². The Morgan fingerprint density at radius 1 is 1.24 bits per heavy atom. The minimum absolute atomic E-state index is 0.168. The van der Waals surface area contributed by atoms with E-state index in [0.29, 0.717) is 13.1 Å². The van der Waals surface area contributed by atoms with Crippen LogP contribution < -0.4 is 10.1 Å². The zero-order valence-electron chi connectivity index (χ0n) is 13.6. The van der Waals surface area contributed by atoms with Gasteiger partial charge in [-0.3, -0.25) is 0 Å². The smallest absolute Gasteiger partial charge is 0.252 e. The Balaban J connectivity index is 1.60. The molecule has 2 aromatic carbocycles. The first-order valence-corrected chi connectivity index (χ1v) is 7.81. The van der Waals surface area contributed by atoms with Crippen molar-refractivity contribution in [2.75, 3.05) is 19.0 Å². The van der Waals surface area contributed by atoms with Gasteiger partial charge in [-0.2, -0.15) is 5.26 Å². The zero-order chi connectivity index (χ0) is 17.2. The van der Waals surface area contributed by atoms with Gasteiger partial charge in [0.2, 0.25) is 0 Å². The van der Waals surface area contributed by atoms with Crippen molar-refractivity contribution in [1.82, 2.24) is 14.8 Å². The van der Waals surface area contributed by atoms with Crippen LogP contribution in [0.3, 0.4) is 0 Å². The van der Waals surface area contributed by atoms with E-state index in [1.54, 1.807) is 18.1 Å². The van der Waals surface area contributed by atoms with Gasteiger partial charge in [-0.1, -0.05) is 18.2 Å². The molecule has 0 fully saturated rings. The first kappa shape index (κ1) is 15.0. The minimum atomic E-state index is 0.168. The van der Waals surface area contributed by atoms with Gasteiger partial charge >= 0.3 is 0 Å². The lowest BCUT2D eigenvalue weighted by Crippen LogP contribution is -2.11. The highest BCUT2D eigenvalue weighted by Crippen LogP contribution is 2.36. The van der Waals surface area contributed by atoms with E-state index in [4.69, 9.17) is 14.4 Å². The molecule has 0 saturated heterocycles. The Morgan fingerprint density at radius 3 is 2.92 bits per heavy atom. The van der Waals surface area contributed by atoms with Crippen molar-refractivity contribution < 1.29 is 9.15 Å². The van der Waals surface area contributed by atoms with Crippen LogP contribution in [0, 0.1) is 11.3 Å². The van der Waals surface area contributed by atoms with E-state index < -0.39 is 0 Å². The number of rotatable bonds is 5. The summed E-state index contributed by atoms with van der Waals surface area (Å²) in [6, 6.07) is 13.8. The number of hydrogen-bond acceptors (Lipinski definition) is 6. The summed E-state index contributed by atoms with van der Waals surface area (Å²) in [6.45, 7) is 1.19. The van der Waals surface area contributed by atoms with Crippen LogP contribution >= 0.6 is 0 Å². The second-order valence-corrected chi connectivity index (χ2v) is 5.52. The molecule has 4 aromatic rings. The Bertz CT molecular complexity index is 1090. The van der Waals surface area contributed by atoms with Crippen LogP contribution in [0.25, 0.3) is 21.9 Å². The Hall–Kier alpha value is -3.53. The van der Waals surface area contributed by atoms with Gasteiger partial charge in [-0.05, 0) is 12.1 Å². The highest BCUT2D eigenvalue weighted by Gasteiger charge is 2.12. The summed E-state index contributed by atoms with van der Waals surface area (Å²) in [5.41, 5.74) is 2.50. The van der Waals surface area contributed by atoms with Crippen molar-refractivity contribution in [2.45, 2.75) is 6.54 Å². The number of anilines is 1. The van der Waals surface area contributed by atoms with Crippen molar-refractivity contribution in [3.8, 4) is 11.8 Å². The summed E-state index contributed by atoms with van der Waals surface area (Å²) in [6.07, 6.45) is 1.54. The van der Waals surface area contributed by atoms with Crippen molar-refractivity contribution in [1.29, 1.82) is 5.26 Å². The normalized spacial score (nSPS) is 10.9. The van der Waals surface area contributed by atoms with Crippen LogP contribution in [0.2, 0.25) is 0 Å². The fourth-order valence-electron chi connectivity index (χ4n) is 2.82. The maximum Gasteiger partial charge on any atom is 0.252 e. The van der Waals surface area contributed by atoms with Crippen LogP contribution in [-0.2, 0) is 6.54 Å². The third kappa shape index (κ3) is 2.74. The fraction of sp³-hybridized carbons (Fsp3) is 0.167. The van der Waals surface area contributed by atoms with Gasteiger partial charge < -0.3 is 14.5 Å². The molecular formula is C18H15N5O2. The van der Waals surface area contributed by atoms with E-state index in [0.717, 1.165) is 33.4 Å². The number of para-hydroxylation sites is 1. The molecule has 0 aliphatic heterocycles. The van der Waals surface area contributed by atoms with Crippen molar-refractivity contribution in [3.63, 3.8) is 0 Å². The Kier molecular flexibility index (Phi) is 3.71. The number of methoxy groups -OCH3 is 1. The number of nitriles is 1. The number of furan rings is 1. The number of nitrogens with one attached hydrogen (secondary N) is 1. The maximum absolute atomic E-state index is 8.75. The zero-order valence-corrected chi connectivity index (χ0v) is 13.6. The van der Waals surface area contributed by atoms with E-state index in [1.807, 2.05) is 42.5 Å². The molecule has 0 atom stereocenters. The average molecular weight is 333 g/mol. The predicted molar refractivity (Wildman–Crippen MR) is 93.5 cm³/mol. The second-order valence-electron chi connectivity index (χ2n) is 5.52. The fourth-order valence-corrected chi connectivity index (χ4v) is 2.82. The quantitative estimate of drug-likeness (QED) is 0.603. The monoisotopic (exact) mass is 333 g/mol. The van der Waals surface area contributed by atoms with Crippen molar-refractivity contribution >= 4 is 27.6 Å². The molecule has 0 radical (unpaired) electrons. The topological polar surface area (TPSA) is 88.9 Å². The molecule has 7 heteroatoms. The number of benzene rings is 2. The number of nitrogens with zero attached hydrogens (tertiary/aromatic N) is 4. The summed E-state index contributed by atoms with van der Waals surface area (Å²) >= 11 is 0. The van der Waals surface area contributed by atoms with E-state index >= 15 is 0 Å². The summed E-state index contributed by atoms with van der Waals surface area (Å²) in [5, 5.41) is 18.2. The lowest BCUT2D eigenvalue weighted by atomic mass is 10.1. The molecule has 25 heavy (non-hydrogen) atoms. The van der Waals surface area contributed by atoms with Crippen molar-refractivity contribution in [3.05, 3.63) is 48.5 Å². The molecule has 1 N–H and O–H groups in total. The molecule has 124 valence electrons. The lowest BCUT2D eigenvalue weighted by Gasteiger charge is -2.11. The third-order valence-electron chi connectivity index (χ3n) is 3.99. The molecule has 2 aromatic heterocycles. The average Bonchev–Trinajstić information content (AvgIpc) is 3.24. The molecule has 4 rings (SSSR count). The maximum atomic E-state index is 8.75. The highest BCUT2D eigenvalue weighted by atomic mass is 16.5. The molecule has 0 saturated carbocycles. The summed E-state index contributed by atoms with van der Waals surface area (Å²) in [7, 11) is 1.64. The van der Waals surface area contributed by atoms with Gasteiger partial charge in [0.25, 0.3) is 5.82 Å². The van der Waals surface area contributed by atoms with Crippen LogP contribution in [0.4, 0.5) is 5.69 Å². The minimum Gasteiger partial charge on any atom is -0.495 e. The van der Waals surface area contributed by atoms with E-state index in [2.05, 4.69) is 15.4 Å². The van der Waals surface area contributed by atoms with E-state index in [-0.39, 0.29) is 5.82 Å². The van der Waals surface area contributed by atoms with Gasteiger partial charge in [-0.15, -0.1) is 5.10 Å². The molecular weight excluding hydrogens is 318 g/mol. The summed E-state index contributed by atoms with van der Waals surface area (Å²) in [5.74, 6) is 0.914. The molecule has 0 unspecified atom stereocenters. The number of ether oxygens (including phenoxy) is 1. The molecule has 0 aliphatic rings. The molecule has 2 heterocycles. The van der Waals surface area contributed by atoms with Gasteiger partial charge in [0.1, 0.15) is 29.3 Å². The largest absolute Gasteiger partial charge is 0.495 e. The molecule has 0 bridgehead atoms. The van der Waals surface area contributed by atoms with Crippen LogP contribution in [-0.4, -0.2) is 28.4 Å².